The van der Waals surface area contributed by atoms with E-state index in [2.05, 4.69) is 45.0 Å². The maximum atomic E-state index is 11.1. The molecule has 2 aromatic rings. The molecule has 4 saturated carbocycles. The van der Waals surface area contributed by atoms with E-state index >= 15 is 0 Å². The summed E-state index contributed by atoms with van der Waals surface area (Å²) in [5, 5.41) is 22.1. The van der Waals surface area contributed by atoms with Gasteiger partial charge in [-0.05, 0) is 92.4 Å². The standard InChI is InChI=1S/C28H36O2/c1-18(2)26-12-25(5)13-27(15-26,21-8-6-19(3)10-23(21)29)17-28(14-25,16-26)22-9-7-20(4)11-24(22)30/h6-11,18,29-30H,12-17H2,1-5H3. The van der Waals surface area contributed by atoms with Crippen molar-refractivity contribution in [1.82, 2.24) is 0 Å². The first-order valence-electron chi connectivity index (χ1n) is 11.6. The molecule has 2 aromatic carbocycles. The van der Waals surface area contributed by atoms with Crippen LogP contribution in [0.5, 0.6) is 11.5 Å². The highest BCUT2D eigenvalue weighted by atomic mass is 16.3. The van der Waals surface area contributed by atoms with Gasteiger partial charge in [-0.15, -0.1) is 0 Å². The van der Waals surface area contributed by atoms with Crippen molar-refractivity contribution in [3.63, 3.8) is 0 Å². The third-order valence-electron chi connectivity index (χ3n) is 9.04. The Bertz CT molecular complexity index is 950. The first kappa shape index (κ1) is 20.0. The van der Waals surface area contributed by atoms with Crippen LogP contribution in [-0.2, 0) is 10.8 Å². The second-order valence-electron chi connectivity index (χ2n) is 12.0. The minimum absolute atomic E-state index is 0.0249. The van der Waals surface area contributed by atoms with E-state index in [0.29, 0.717) is 17.4 Å². The third kappa shape index (κ3) is 2.68. The molecule has 6 rings (SSSR count). The zero-order chi connectivity index (χ0) is 21.5. The Hall–Kier alpha value is -1.96. The van der Waals surface area contributed by atoms with Crippen LogP contribution in [0.2, 0.25) is 0 Å². The third-order valence-corrected chi connectivity index (χ3v) is 9.04. The van der Waals surface area contributed by atoms with Crippen LogP contribution in [0.1, 0.15) is 81.5 Å². The summed E-state index contributed by atoms with van der Waals surface area (Å²) in [5.41, 5.74) is 4.92. The summed E-state index contributed by atoms with van der Waals surface area (Å²) in [6.45, 7) is 11.4. The molecule has 0 heterocycles. The van der Waals surface area contributed by atoms with Crippen LogP contribution in [0.25, 0.3) is 0 Å². The van der Waals surface area contributed by atoms with Crippen molar-refractivity contribution in [3.05, 3.63) is 58.7 Å². The number of phenolic OH excluding ortho intramolecular Hbond substituents is 2. The van der Waals surface area contributed by atoms with Crippen molar-refractivity contribution in [2.24, 2.45) is 16.7 Å². The number of aromatic hydroxyl groups is 2. The normalized spacial score (nSPS) is 37.1. The number of rotatable bonds is 3. The van der Waals surface area contributed by atoms with E-state index in [0.717, 1.165) is 54.4 Å². The van der Waals surface area contributed by atoms with Gasteiger partial charge >= 0.3 is 0 Å². The Balaban J connectivity index is 1.75. The highest BCUT2D eigenvalue weighted by molar-refractivity contribution is 5.49. The van der Waals surface area contributed by atoms with Gasteiger partial charge in [0, 0.05) is 22.0 Å². The molecule has 4 fully saturated rings. The molecule has 4 bridgehead atoms. The van der Waals surface area contributed by atoms with Crippen LogP contribution >= 0.6 is 0 Å². The minimum atomic E-state index is -0.0249. The highest BCUT2D eigenvalue weighted by Gasteiger charge is 2.68. The molecule has 4 aliphatic rings. The molecule has 30 heavy (non-hydrogen) atoms. The van der Waals surface area contributed by atoms with E-state index in [-0.39, 0.29) is 21.7 Å². The predicted molar refractivity (Wildman–Crippen MR) is 122 cm³/mol. The van der Waals surface area contributed by atoms with Gasteiger partial charge in [-0.3, -0.25) is 0 Å². The SMILES string of the molecule is Cc1ccc(C23CC4(C)CC(c5ccc(C)cc5O)(C2)CC(C(C)C)(C4)C3)c(O)c1. The highest BCUT2D eigenvalue weighted by Crippen LogP contribution is 2.76. The second-order valence-corrected chi connectivity index (χ2v) is 12.0. The lowest BCUT2D eigenvalue weighted by molar-refractivity contribution is -0.153. The first-order valence-corrected chi connectivity index (χ1v) is 11.6. The lowest BCUT2D eigenvalue weighted by atomic mass is 9.32. The molecule has 0 aliphatic heterocycles. The summed E-state index contributed by atoms with van der Waals surface area (Å²) in [6, 6.07) is 12.6. The van der Waals surface area contributed by atoms with Crippen molar-refractivity contribution in [1.29, 1.82) is 0 Å². The lowest BCUT2D eigenvalue weighted by Crippen LogP contribution is -2.64. The van der Waals surface area contributed by atoms with Crippen molar-refractivity contribution in [2.45, 2.75) is 84.0 Å². The van der Waals surface area contributed by atoms with E-state index in [4.69, 9.17) is 0 Å². The minimum Gasteiger partial charge on any atom is -0.508 e. The lowest BCUT2D eigenvalue weighted by Gasteiger charge is -2.71. The zero-order valence-corrected chi connectivity index (χ0v) is 19.2. The molecule has 4 aliphatic carbocycles. The molecule has 0 saturated heterocycles. The van der Waals surface area contributed by atoms with Gasteiger partial charge in [0.1, 0.15) is 11.5 Å². The molecular weight excluding hydrogens is 368 g/mol. The van der Waals surface area contributed by atoms with E-state index < -0.39 is 0 Å². The molecule has 0 aromatic heterocycles. The number of aryl methyl sites for hydroxylation is 2. The number of phenols is 2. The molecule has 160 valence electrons. The van der Waals surface area contributed by atoms with Gasteiger partial charge in [0.15, 0.2) is 0 Å². The molecule has 2 nitrogen and oxygen atoms in total. The second kappa shape index (κ2) is 6.05. The first-order chi connectivity index (χ1) is 14.0. The van der Waals surface area contributed by atoms with Gasteiger partial charge in [-0.1, -0.05) is 45.0 Å². The van der Waals surface area contributed by atoms with Crippen molar-refractivity contribution >= 4 is 0 Å². The van der Waals surface area contributed by atoms with E-state index in [1.807, 2.05) is 26.0 Å². The number of hydrogen-bond acceptors (Lipinski definition) is 2. The summed E-state index contributed by atoms with van der Waals surface area (Å²) >= 11 is 0. The Morgan fingerprint density at radius 3 is 1.57 bits per heavy atom. The van der Waals surface area contributed by atoms with Gasteiger partial charge in [0.05, 0.1) is 0 Å². The molecule has 0 amide bonds. The number of benzene rings is 2. The molecule has 2 atom stereocenters. The summed E-state index contributed by atoms with van der Waals surface area (Å²) < 4.78 is 0. The van der Waals surface area contributed by atoms with Gasteiger partial charge < -0.3 is 10.2 Å². The van der Waals surface area contributed by atoms with Crippen molar-refractivity contribution in [2.75, 3.05) is 0 Å². The van der Waals surface area contributed by atoms with Crippen LogP contribution < -0.4 is 0 Å². The van der Waals surface area contributed by atoms with E-state index in [1.165, 1.54) is 6.42 Å². The fourth-order valence-corrected chi connectivity index (χ4v) is 8.59. The van der Waals surface area contributed by atoms with Crippen molar-refractivity contribution < 1.29 is 10.2 Å². The van der Waals surface area contributed by atoms with Crippen LogP contribution in [0.4, 0.5) is 0 Å². The largest absolute Gasteiger partial charge is 0.508 e. The smallest absolute Gasteiger partial charge is 0.119 e. The molecule has 0 radical (unpaired) electrons. The van der Waals surface area contributed by atoms with Crippen LogP contribution in [0.3, 0.4) is 0 Å². The summed E-state index contributed by atoms with van der Waals surface area (Å²) in [6.07, 6.45) is 6.87. The zero-order valence-electron chi connectivity index (χ0n) is 19.2. The van der Waals surface area contributed by atoms with Crippen molar-refractivity contribution in [3.8, 4) is 11.5 Å². The Kier molecular flexibility index (Phi) is 4.03. The quantitative estimate of drug-likeness (QED) is 0.583. The average molecular weight is 405 g/mol. The molecule has 2 N–H and O–H groups in total. The average Bonchev–Trinajstić information content (AvgIpc) is 2.58. The Morgan fingerprint density at radius 2 is 1.17 bits per heavy atom. The van der Waals surface area contributed by atoms with Gasteiger partial charge in [-0.2, -0.15) is 0 Å². The van der Waals surface area contributed by atoms with Gasteiger partial charge in [0.25, 0.3) is 0 Å². The van der Waals surface area contributed by atoms with E-state index in [1.54, 1.807) is 0 Å². The predicted octanol–water partition coefficient (Wildman–Crippen LogP) is 6.92. The molecule has 0 spiro atoms. The maximum absolute atomic E-state index is 11.1. The summed E-state index contributed by atoms with van der Waals surface area (Å²) in [4.78, 5) is 0. The monoisotopic (exact) mass is 404 g/mol. The fourth-order valence-electron chi connectivity index (χ4n) is 8.59. The summed E-state index contributed by atoms with van der Waals surface area (Å²) in [7, 11) is 0. The topological polar surface area (TPSA) is 40.5 Å². The van der Waals surface area contributed by atoms with Gasteiger partial charge in [0.2, 0.25) is 0 Å². The number of hydrogen-bond donors (Lipinski definition) is 2. The fraction of sp³-hybridized carbons (Fsp3) is 0.571. The summed E-state index contributed by atoms with van der Waals surface area (Å²) in [5.74, 6) is 1.50. The van der Waals surface area contributed by atoms with Crippen LogP contribution in [0, 0.1) is 30.6 Å². The maximum Gasteiger partial charge on any atom is 0.119 e. The van der Waals surface area contributed by atoms with Gasteiger partial charge in [-0.25, -0.2) is 0 Å². The van der Waals surface area contributed by atoms with E-state index in [9.17, 15) is 10.2 Å². The molecule has 2 unspecified atom stereocenters. The molecule has 2 heteroatoms. The van der Waals surface area contributed by atoms with Crippen LogP contribution in [0.15, 0.2) is 36.4 Å². The molecular formula is C28H36O2. The van der Waals surface area contributed by atoms with Crippen LogP contribution in [-0.4, -0.2) is 10.2 Å². The Labute approximate surface area is 181 Å². The Morgan fingerprint density at radius 1 is 0.700 bits per heavy atom.